The molecule has 1 fully saturated rings. The zero-order chi connectivity index (χ0) is 34.9. The maximum absolute atomic E-state index is 12.6. The number of carbonyl (C=O) groups excluding carboxylic acids is 2. The van der Waals surface area contributed by atoms with Gasteiger partial charge in [-0.1, -0.05) is 123 Å². The first kappa shape index (κ1) is 43.7. The number of hydrogen-bond acceptors (Lipinski definition) is 11. The van der Waals surface area contributed by atoms with Crippen LogP contribution in [-0.2, 0) is 38.7 Å². The van der Waals surface area contributed by atoms with Crippen LogP contribution in [0.1, 0.15) is 149 Å². The van der Waals surface area contributed by atoms with Gasteiger partial charge in [-0.2, -0.15) is 8.42 Å². The third-order valence-corrected chi connectivity index (χ3v) is 9.19. The van der Waals surface area contributed by atoms with E-state index in [1.807, 2.05) is 0 Å². The molecule has 1 saturated heterocycles. The molecule has 0 aromatic heterocycles. The monoisotopic (exact) mass is 696 g/mol. The van der Waals surface area contributed by atoms with Crippen molar-refractivity contribution in [1.29, 1.82) is 0 Å². The Kier molecular flexibility index (Phi) is 24.6. The lowest BCUT2D eigenvalue weighted by Crippen LogP contribution is -2.60. The number of unbranched alkanes of at least 4 members (excludes halogenated alkanes) is 17. The normalized spacial score (nSPS) is 22.2. The number of hydrogen-bond donors (Lipinski definition) is 4. The van der Waals surface area contributed by atoms with Crippen LogP contribution in [0.4, 0.5) is 0 Å². The van der Waals surface area contributed by atoms with E-state index in [-0.39, 0.29) is 19.4 Å². The Bertz CT molecular complexity index is 915. The fourth-order valence-corrected chi connectivity index (χ4v) is 6.25. The molecule has 0 aromatic rings. The molecule has 12 nitrogen and oxygen atoms in total. The quantitative estimate of drug-likeness (QED) is 0.0445. The summed E-state index contributed by atoms with van der Waals surface area (Å²) in [6, 6.07) is 0. The minimum atomic E-state index is -4.59. The van der Waals surface area contributed by atoms with Crippen molar-refractivity contribution in [3.63, 3.8) is 0 Å². The van der Waals surface area contributed by atoms with Crippen LogP contribution >= 0.6 is 0 Å². The molecule has 0 spiro atoms. The van der Waals surface area contributed by atoms with Crippen molar-refractivity contribution >= 4 is 22.1 Å². The van der Waals surface area contributed by atoms with E-state index in [1.165, 1.54) is 70.6 Å². The predicted octanol–water partition coefficient (Wildman–Crippen LogP) is 5.39. The summed E-state index contributed by atoms with van der Waals surface area (Å²) in [5, 5.41) is 30.6. The van der Waals surface area contributed by atoms with Crippen molar-refractivity contribution < 1.29 is 56.8 Å². The van der Waals surface area contributed by atoms with Crippen LogP contribution in [0.15, 0.2) is 0 Å². The van der Waals surface area contributed by atoms with Gasteiger partial charge in [-0.3, -0.25) is 14.1 Å². The van der Waals surface area contributed by atoms with Crippen molar-refractivity contribution in [1.82, 2.24) is 0 Å². The summed E-state index contributed by atoms with van der Waals surface area (Å²) in [5.41, 5.74) is 0. The summed E-state index contributed by atoms with van der Waals surface area (Å²) in [5.74, 6) is -1.98. The van der Waals surface area contributed by atoms with Crippen LogP contribution in [0.3, 0.4) is 0 Å². The first-order valence-electron chi connectivity index (χ1n) is 18.1. The molecule has 0 aliphatic carbocycles. The summed E-state index contributed by atoms with van der Waals surface area (Å²) in [6.45, 7) is 3.67. The minimum absolute atomic E-state index is 0.169. The fourth-order valence-electron chi connectivity index (χ4n) is 5.56. The van der Waals surface area contributed by atoms with Gasteiger partial charge in [0.2, 0.25) is 0 Å². The first-order valence-corrected chi connectivity index (χ1v) is 19.7. The molecule has 0 unspecified atom stereocenters. The molecule has 1 rings (SSSR count). The maximum Gasteiger partial charge on any atom is 0.306 e. The zero-order valence-corrected chi connectivity index (χ0v) is 29.7. The Morgan fingerprint density at radius 3 is 1.55 bits per heavy atom. The van der Waals surface area contributed by atoms with Crippen LogP contribution in [0.5, 0.6) is 0 Å². The topological polar surface area (TPSA) is 186 Å². The van der Waals surface area contributed by atoms with Gasteiger partial charge in [-0.15, -0.1) is 0 Å². The molecule has 1 heterocycles. The lowest BCUT2D eigenvalue weighted by Gasteiger charge is -2.40. The number of rotatable bonds is 29. The van der Waals surface area contributed by atoms with Gasteiger partial charge in [0.05, 0.1) is 6.61 Å². The molecule has 1 aliphatic rings. The van der Waals surface area contributed by atoms with E-state index in [1.54, 1.807) is 0 Å². The third kappa shape index (κ3) is 22.1. The Labute approximate surface area is 283 Å². The standard InChI is InChI=1S/C34H64O12S/c1-3-5-7-9-11-13-14-15-17-18-20-22-29(35)43-24-27(45-30(36)23-21-19-16-12-10-8-6-4-2)25-44-34-33(39)32(38)31(37)28(46-34)26-47(40,41)42/h27-28,31-34,37-39H,3-26H2,1-2H3,(H,40,41,42)/t27-,28-,31-,32+,33-,34-/m1/s1. The number of aliphatic hydroxyl groups is 3. The van der Waals surface area contributed by atoms with Gasteiger partial charge < -0.3 is 34.3 Å². The number of ether oxygens (including phenoxy) is 4. The molecule has 0 bridgehead atoms. The summed E-state index contributed by atoms with van der Waals surface area (Å²) in [6.07, 6.45) is 11.9. The molecule has 47 heavy (non-hydrogen) atoms. The van der Waals surface area contributed by atoms with E-state index in [0.29, 0.717) is 12.8 Å². The minimum Gasteiger partial charge on any atom is -0.462 e. The Morgan fingerprint density at radius 1 is 0.638 bits per heavy atom. The third-order valence-electron chi connectivity index (χ3n) is 8.44. The fraction of sp³-hybridized carbons (Fsp3) is 0.941. The molecular formula is C34H64O12S. The molecule has 0 amide bonds. The van der Waals surface area contributed by atoms with Crippen LogP contribution in [0.25, 0.3) is 0 Å². The van der Waals surface area contributed by atoms with Crippen LogP contribution in [0.2, 0.25) is 0 Å². The van der Waals surface area contributed by atoms with Crippen molar-refractivity contribution in [2.75, 3.05) is 19.0 Å². The van der Waals surface area contributed by atoms with Crippen molar-refractivity contribution in [2.45, 2.75) is 185 Å². The summed E-state index contributed by atoms with van der Waals surface area (Å²) < 4.78 is 53.6. The van der Waals surface area contributed by atoms with Gasteiger partial charge in [-0.05, 0) is 12.8 Å². The van der Waals surface area contributed by atoms with Crippen LogP contribution in [0, 0.1) is 0 Å². The lowest BCUT2D eigenvalue weighted by atomic mass is 10.00. The van der Waals surface area contributed by atoms with E-state index in [2.05, 4.69) is 13.8 Å². The van der Waals surface area contributed by atoms with Gasteiger partial charge in [0.15, 0.2) is 12.4 Å². The van der Waals surface area contributed by atoms with E-state index in [9.17, 15) is 33.3 Å². The van der Waals surface area contributed by atoms with Gasteiger partial charge in [0.1, 0.15) is 36.8 Å². The molecule has 6 atom stereocenters. The molecule has 0 radical (unpaired) electrons. The highest BCUT2D eigenvalue weighted by Crippen LogP contribution is 2.24. The Morgan fingerprint density at radius 2 is 1.09 bits per heavy atom. The van der Waals surface area contributed by atoms with Crippen LogP contribution in [-0.4, -0.2) is 96.0 Å². The van der Waals surface area contributed by atoms with E-state index in [0.717, 1.165) is 38.5 Å². The summed E-state index contributed by atoms with van der Waals surface area (Å²) in [7, 11) is -4.59. The average Bonchev–Trinajstić information content (AvgIpc) is 3.02. The Balaban J connectivity index is 2.55. The van der Waals surface area contributed by atoms with Crippen molar-refractivity contribution in [3.8, 4) is 0 Å². The first-order chi connectivity index (χ1) is 22.5. The largest absolute Gasteiger partial charge is 0.462 e. The summed E-state index contributed by atoms with van der Waals surface area (Å²) in [4.78, 5) is 25.0. The van der Waals surface area contributed by atoms with E-state index < -0.39 is 71.2 Å². The maximum atomic E-state index is 12.6. The zero-order valence-electron chi connectivity index (χ0n) is 28.9. The molecule has 13 heteroatoms. The number of aliphatic hydroxyl groups excluding tert-OH is 3. The number of esters is 2. The second-order valence-electron chi connectivity index (χ2n) is 12.9. The molecule has 4 N–H and O–H groups in total. The second kappa shape index (κ2) is 26.5. The smallest absolute Gasteiger partial charge is 0.306 e. The van der Waals surface area contributed by atoms with Gasteiger partial charge in [0, 0.05) is 12.8 Å². The van der Waals surface area contributed by atoms with Gasteiger partial charge in [0.25, 0.3) is 10.1 Å². The van der Waals surface area contributed by atoms with Gasteiger partial charge >= 0.3 is 11.9 Å². The molecular weight excluding hydrogens is 632 g/mol. The predicted molar refractivity (Wildman–Crippen MR) is 178 cm³/mol. The van der Waals surface area contributed by atoms with E-state index >= 15 is 0 Å². The highest BCUT2D eigenvalue weighted by atomic mass is 32.2. The van der Waals surface area contributed by atoms with Crippen molar-refractivity contribution in [3.05, 3.63) is 0 Å². The average molecular weight is 697 g/mol. The highest BCUT2D eigenvalue weighted by molar-refractivity contribution is 7.85. The molecule has 0 saturated carbocycles. The van der Waals surface area contributed by atoms with E-state index in [4.69, 9.17) is 23.5 Å². The SMILES string of the molecule is CCCCCCCCCCCCCC(=O)OC[C@H](CO[C@@H]1O[C@H](CS(=O)(=O)O)[C@@H](O)[C@H](O)[C@H]1O)OC(=O)CCCCCCCCCC. The summed E-state index contributed by atoms with van der Waals surface area (Å²) >= 11 is 0. The van der Waals surface area contributed by atoms with Gasteiger partial charge in [-0.25, -0.2) is 0 Å². The highest BCUT2D eigenvalue weighted by Gasteiger charge is 2.46. The number of carbonyl (C=O) groups is 2. The Hall–Kier alpha value is -1.35. The second-order valence-corrected chi connectivity index (χ2v) is 14.4. The molecule has 1 aliphatic heterocycles. The lowest BCUT2D eigenvalue weighted by molar-refractivity contribution is -0.297. The molecule has 0 aromatic carbocycles. The van der Waals surface area contributed by atoms with Crippen LogP contribution < -0.4 is 0 Å². The van der Waals surface area contributed by atoms with Crippen molar-refractivity contribution in [2.24, 2.45) is 0 Å². The molecule has 278 valence electrons.